The predicted octanol–water partition coefficient (Wildman–Crippen LogP) is 5.87. The second kappa shape index (κ2) is 18.0. The third kappa shape index (κ3) is 16.5. The van der Waals surface area contributed by atoms with Crippen LogP contribution in [0.3, 0.4) is 0 Å². The summed E-state index contributed by atoms with van der Waals surface area (Å²) in [5.74, 6) is 0.434. The van der Waals surface area contributed by atoms with Crippen molar-refractivity contribution in [2.24, 2.45) is 0 Å². The zero-order chi connectivity index (χ0) is 31.9. The molecule has 0 radical (unpaired) electrons. The Hall–Kier alpha value is -2.95. The first-order valence-electron chi connectivity index (χ1n) is 15.3. The number of esters is 1. The maximum atomic E-state index is 12.6. The van der Waals surface area contributed by atoms with Crippen LogP contribution >= 0.6 is 11.8 Å². The number of ether oxygens (including phenoxy) is 3. The van der Waals surface area contributed by atoms with Gasteiger partial charge < -0.3 is 30.2 Å². The molecule has 1 aliphatic rings. The second-order valence-corrected chi connectivity index (χ2v) is 14.1. The molecular formula is C32H51N3O7S. The van der Waals surface area contributed by atoms with Gasteiger partial charge in [-0.1, -0.05) is 43.2 Å². The highest BCUT2D eigenvalue weighted by Gasteiger charge is 2.39. The van der Waals surface area contributed by atoms with Crippen LogP contribution in [0.4, 0.5) is 9.59 Å². The molecule has 10 nitrogen and oxygen atoms in total. The number of carbonyl (C=O) groups excluding carboxylic acids is 4. The highest BCUT2D eigenvalue weighted by Crippen LogP contribution is 2.32. The van der Waals surface area contributed by atoms with Gasteiger partial charge in [0.05, 0.1) is 12.1 Å². The van der Waals surface area contributed by atoms with Gasteiger partial charge in [-0.05, 0) is 72.8 Å². The summed E-state index contributed by atoms with van der Waals surface area (Å²) >= 11 is 1.70. The molecule has 1 aromatic carbocycles. The minimum atomic E-state index is -0.633. The number of amides is 3. The van der Waals surface area contributed by atoms with E-state index in [9.17, 15) is 19.2 Å². The van der Waals surface area contributed by atoms with Crippen molar-refractivity contribution >= 4 is 35.8 Å². The van der Waals surface area contributed by atoms with Crippen molar-refractivity contribution in [1.29, 1.82) is 0 Å². The van der Waals surface area contributed by atoms with Crippen LogP contribution in [0, 0.1) is 0 Å². The van der Waals surface area contributed by atoms with E-state index < -0.39 is 23.4 Å². The zero-order valence-corrected chi connectivity index (χ0v) is 27.5. The fourth-order valence-corrected chi connectivity index (χ4v) is 6.06. The summed E-state index contributed by atoms with van der Waals surface area (Å²) in [5.41, 5.74) is -0.290. The van der Waals surface area contributed by atoms with Gasteiger partial charge in [-0.3, -0.25) is 9.59 Å². The van der Waals surface area contributed by atoms with Gasteiger partial charge in [-0.2, -0.15) is 11.8 Å². The molecule has 0 bridgehead atoms. The van der Waals surface area contributed by atoms with E-state index in [0.29, 0.717) is 31.6 Å². The monoisotopic (exact) mass is 621 g/mol. The van der Waals surface area contributed by atoms with Gasteiger partial charge in [0.15, 0.2) is 0 Å². The SMILES string of the molecule is CC(C)(C)OC(=O)N[C@H]1[C@@H](NC(=O)OC(C)(C)C)CS[C@H]1CCCCNC(=O)CCCCCC(=O)OCc1ccccc1. The molecule has 1 heterocycles. The van der Waals surface area contributed by atoms with Crippen molar-refractivity contribution in [2.45, 2.75) is 128 Å². The van der Waals surface area contributed by atoms with Crippen molar-refractivity contribution in [1.82, 2.24) is 16.0 Å². The van der Waals surface area contributed by atoms with Crippen LogP contribution in [-0.4, -0.2) is 64.9 Å². The van der Waals surface area contributed by atoms with E-state index in [1.807, 2.05) is 51.1 Å². The first-order valence-corrected chi connectivity index (χ1v) is 16.3. The molecule has 3 amide bonds. The highest BCUT2D eigenvalue weighted by molar-refractivity contribution is 8.00. The van der Waals surface area contributed by atoms with E-state index >= 15 is 0 Å². The molecule has 1 aliphatic heterocycles. The van der Waals surface area contributed by atoms with E-state index in [2.05, 4.69) is 16.0 Å². The summed E-state index contributed by atoms with van der Waals surface area (Å²) in [6.45, 7) is 11.7. The molecule has 0 aromatic heterocycles. The molecule has 3 N–H and O–H groups in total. The van der Waals surface area contributed by atoms with Gasteiger partial charge >= 0.3 is 18.2 Å². The van der Waals surface area contributed by atoms with Gasteiger partial charge in [-0.15, -0.1) is 0 Å². The lowest BCUT2D eigenvalue weighted by molar-refractivity contribution is -0.145. The van der Waals surface area contributed by atoms with Crippen LogP contribution in [0.15, 0.2) is 30.3 Å². The topological polar surface area (TPSA) is 132 Å². The lowest BCUT2D eigenvalue weighted by atomic mass is 10.0. The standard InChI is InChI=1S/C32H51N3O7S/c1-31(2,3)41-29(38)34-24-22-43-25(28(24)35-30(39)42-32(4,5)6)17-13-14-20-33-26(36)18-11-8-12-19-27(37)40-21-23-15-9-7-10-16-23/h7,9-10,15-16,24-25,28H,8,11-14,17-22H2,1-6H3,(H,33,36)(H,34,38)(H,35,39)/t24-,25-,28-/m0/s1. The van der Waals surface area contributed by atoms with Crippen molar-refractivity contribution in [3.8, 4) is 0 Å². The molecule has 0 aliphatic carbocycles. The van der Waals surface area contributed by atoms with Crippen LogP contribution in [0.1, 0.15) is 98.5 Å². The van der Waals surface area contributed by atoms with Gasteiger partial charge in [0.2, 0.25) is 5.91 Å². The zero-order valence-electron chi connectivity index (χ0n) is 26.7. The molecule has 0 saturated carbocycles. The average molecular weight is 622 g/mol. The maximum Gasteiger partial charge on any atom is 0.407 e. The number of thioether (sulfide) groups is 1. The van der Waals surface area contributed by atoms with Crippen molar-refractivity contribution < 1.29 is 33.4 Å². The number of unbranched alkanes of at least 4 members (excludes halogenated alkanes) is 3. The number of alkyl carbamates (subject to hydrolysis) is 2. The molecule has 0 unspecified atom stereocenters. The number of carbonyl (C=O) groups is 4. The number of hydrogen-bond acceptors (Lipinski definition) is 8. The first kappa shape index (κ1) is 36.2. The summed E-state index contributed by atoms with van der Waals surface area (Å²) in [7, 11) is 0. The number of nitrogens with one attached hydrogen (secondary N) is 3. The molecular weight excluding hydrogens is 570 g/mol. The van der Waals surface area contributed by atoms with E-state index in [1.54, 1.807) is 32.5 Å². The fourth-order valence-electron chi connectivity index (χ4n) is 4.51. The normalized spacial score (nSPS) is 18.4. The minimum absolute atomic E-state index is 0.00740. The Labute approximate surface area is 261 Å². The lowest BCUT2D eigenvalue weighted by Gasteiger charge is -2.29. The summed E-state index contributed by atoms with van der Waals surface area (Å²) in [5, 5.41) is 8.94. The van der Waals surface area contributed by atoms with Gasteiger partial charge in [-0.25, -0.2) is 9.59 Å². The number of rotatable bonds is 15. The molecule has 1 fully saturated rings. The molecule has 2 rings (SSSR count). The average Bonchev–Trinajstić information content (AvgIpc) is 3.25. The van der Waals surface area contributed by atoms with Crippen LogP contribution in [-0.2, 0) is 30.4 Å². The Kier molecular flexibility index (Phi) is 15.2. The molecule has 242 valence electrons. The molecule has 1 saturated heterocycles. The molecule has 1 aromatic rings. The molecule has 11 heteroatoms. The summed E-state index contributed by atoms with van der Waals surface area (Å²) in [6, 6.07) is 8.98. The third-order valence-electron chi connectivity index (χ3n) is 6.47. The summed E-state index contributed by atoms with van der Waals surface area (Å²) in [6.07, 6.45) is 4.43. The van der Waals surface area contributed by atoms with Crippen LogP contribution in [0.25, 0.3) is 0 Å². The maximum absolute atomic E-state index is 12.6. The predicted molar refractivity (Wildman–Crippen MR) is 169 cm³/mol. The Balaban J connectivity index is 1.64. The smallest absolute Gasteiger partial charge is 0.407 e. The van der Waals surface area contributed by atoms with Crippen molar-refractivity contribution in [3.05, 3.63) is 35.9 Å². The van der Waals surface area contributed by atoms with E-state index in [4.69, 9.17) is 14.2 Å². The largest absolute Gasteiger partial charge is 0.461 e. The summed E-state index contributed by atoms with van der Waals surface area (Å²) < 4.78 is 16.2. The minimum Gasteiger partial charge on any atom is -0.461 e. The fraction of sp³-hybridized carbons (Fsp3) is 0.688. The van der Waals surface area contributed by atoms with Crippen molar-refractivity contribution in [2.75, 3.05) is 12.3 Å². The Morgan fingerprint density at radius 1 is 0.814 bits per heavy atom. The Morgan fingerprint density at radius 3 is 2.09 bits per heavy atom. The highest BCUT2D eigenvalue weighted by atomic mass is 32.2. The van der Waals surface area contributed by atoms with E-state index in [0.717, 1.165) is 37.7 Å². The van der Waals surface area contributed by atoms with Gasteiger partial charge in [0, 0.05) is 30.4 Å². The second-order valence-electron chi connectivity index (χ2n) is 12.8. The molecule has 3 atom stereocenters. The number of hydrogen-bond donors (Lipinski definition) is 3. The van der Waals surface area contributed by atoms with E-state index in [-0.39, 0.29) is 35.8 Å². The van der Waals surface area contributed by atoms with Crippen LogP contribution in [0.5, 0.6) is 0 Å². The summed E-state index contributed by atoms with van der Waals surface area (Å²) in [4.78, 5) is 49.1. The van der Waals surface area contributed by atoms with Gasteiger partial charge in [0.1, 0.15) is 17.8 Å². The Morgan fingerprint density at radius 2 is 1.44 bits per heavy atom. The number of benzene rings is 1. The van der Waals surface area contributed by atoms with Crippen molar-refractivity contribution in [3.63, 3.8) is 0 Å². The van der Waals surface area contributed by atoms with E-state index in [1.165, 1.54) is 0 Å². The molecule has 0 spiro atoms. The third-order valence-corrected chi connectivity index (χ3v) is 7.98. The lowest BCUT2D eigenvalue weighted by Crippen LogP contribution is -2.54. The van der Waals surface area contributed by atoms with Gasteiger partial charge in [0.25, 0.3) is 0 Å². The van der Waals surface area contributed by atoms with Crippen LogP contribution in [0.2, 0.25) is 0 Å². The molecule has 43 heavy (non-hydrogen) atoms. The first-order chi connectivity index (χ1) is 20.2. The van der Waals surface area contributed by atoms with Crippen LogP contribution < -0.4 is 16.0 Å². The quantitative estimate of drug-likeness (QED) is 0.126. The Bertz CT molecular complexity index is 1020.